The highest BCUT2D eigenvalue weighted by Crippen LogP contribution is 2.32. The summed E-state index contributed by atoms with van der Waals surface area (Å²) in [5, 5.41) is 11.7. The predicted octanol–water partition coefficient (Wildman–Crippen LogP) is 3.42. The number of fused-ring (bicyclic) bond motifs is 2. The number of nitrogen functional groups attached to an aromatic ring is 1. The van der Waals surface area contributed by atoms with Crippen LogP contribution in [-0.2, 0) is 0 Å². The van der Waals surface area contributed by atoms with Gasteiger partial charge in [0, 0.05) is 16.0 Å². The van der Waals surface area contributed by atoms with E-state index in [9.17, 15) is 4.79 Å². The average molecular weight is 447 g/mol. The third-order valence-corrected chi connectivity index (χ3v) is 5.74. The van der Waals surface area contributed by atoms with Crippen molar-refractivity contribution in [3.63, 3.8) is 0 Å². The first-order valence-corrected chi connectivity index (χ1v) is 10.3. The summed E-state index contributed by atoms with van der Waals surface area (Å²) < 4.78 is 3.55. The van der Waals surface area contributed by atoms with Crippen LogP contribution in [0.1, 0.15) is 34.7 Å². The van der Waals surface area contributed by atoms with Gasteiger partial charge >= 0.3 is 0 Å². The molecule has 10 heteroatoms. The zero-order chi connectivity index (χ0) is 22.6. The molecule has 9 nitrogen and oxygen atoms in total. The van der Waals surface area contributed by atoms with Crippen LogP contribution in [-0.4, -0.2) is 35.4 Å². The number of hydrogen-bond acceptors (Lipinski definition) is 6. The largest absolute Gasteiger partial charge is 0.383 e. The molecule has 0 fully saturated rings. The number of aryl methyl sites for hydroxylation is 1. The monoisotopic (exact) mass is 446 g/mol. The fraction of sp³-hybridized carbons (Fsp3) is 0.136. The number of nitrogens with two attached hydrogens (primary N) is 2. The molecule has 0 aliphatic heterocycles. The van der Waals surface area contributed by atoms with Crippen molar-refractivity contribution in [1.82, 2.24) is 29.5 Å². The lowest BCUT2D eigenvalue weighted by Crippen LogP contribution is -2.12. The number of carbonyl (C=O) groups is 1. The predicted molar refractivity (Wildman–Crippen MR) is 123 cm³/mol. The third kappa shape index (κ3) is 3.05. The highest BCUT2D eigenvalue weighted by Gasteiger charge is 2.23. The van der Waals surface area contributed by atoms with Gasteiger partial charge in [0.1, 0.15) is 12.1 Å². The van der Waals surface area contributed by atoms with Gasteiger partial charge in [-0.25, -0.2) is 19.3 Å². The lowest BCUT2D eigenvalue weighted by molar-refractivity contribution is 0.1000. The van der Waals surface area contributed by atoms with Gasteiger partial charge in [0.05, 0.1) is 34.0 Å². The molecule has 2 aromatic carbocycles. The summed E-state index contributed by atoms with van der Waals surface area (Å²) in [5.74, 6) is -0.123. The molecule has 32 heavy (non-hydrogen) atoms. The average Bonchev–Trinajstić information content (AvgIpc) is 3.32. The molecule has 160 valence electrons. The summed E-state index contributed by atoms with van der Waals surface area (Å²) in [4.78, 5) is 20.2. The molecule has 3 aromatic heterocycles. The lowest BCUT2D eigenvalue weighted by Gasteiger charge is -2.11. The maximum Gasteiger partial charge on any atom is 0.248 e. The van der Waals surface area contributed by atoms with E-state index in [0.717, 1.165) is 27.7 Å². The highest BCUT2D eigenvalue weighted by atomic mass is 35.5. The molecule has 0 bridgehead atoms. The zero-order valence-electron chi connectivity index (χ0n) is 17.3. The second-order valence-corrected chi connectivity index (χ2v) is 7.97. The standard InChI is InChI=1S/C22H19ClN8O/c1-11-18-20(24)26-10-27-22(18)30(28-11)12(2)19-16-7-6-14(23)9-17(16)31(29-19)15-5-3-4-13(8-15)21(25)32/h3-10,12H,1-2H3,(H2,25,32)(H2,24,26,27). The van der Waals surface area contributed by atoms with Crippen LogP contribution in [0.15, 0.2) is 48.8 Å². The lowest BCUT2D eigenvalue weighted by atomic mass is 10.1. The first kappa shape index (κ1) is 20.0. The van der Waals surface area contributed by atoms with Crippen molar-refractivity contribution in [2.75, 3.05) is 5.73 Å². The van der Waals surface area contributed by atoms with Gasteiger partial charge in [-0.05, 0) is 50.2 Å². The maximum absolute atomic E-state index is 11.7. The van der Waals surface area contributed by atoms with E-state index < -0.39 is 5.91 Å². The summed E-state index contributed by atoms with van der Waals surface area (Å²) in [7, 11) is 0. The van der Waals surface area contributed by atoms with Crippen LogP contribution < -0.4 is 11.5 Å². The van der Waals surface area contributed by atoms with Crippen LogP contribution in [0.4, 0.5) is 5.82 Å². The highest BCUT2D eigenvalue weighted by molar-refractivity contribution is 6.31. The summed E-state index contributed by atoms with van der Waals surface area (Å²) >= 11 is 6.30. The molecule has 1 unspecified atom stereocenters. The van der Waals surface area contributed by atoms with Gasteiger partial charge in [-0.3, -0.25) is 4.79 Å². The molecule has 1 amide bonds. The quantitative estimate of drug-likeness (QED) is 0.435. The second-order valence-electron chi connectivity index (χ2n) is 7.54. The Morgan fingerprint density at radius 3 is 2.72 bits per heavy atom. The third-order valence-electron chi connectivity index (χ3n) is 5.50. The molecule has 0 aliphatic rings. The fourth-order valence-corrected chi connectivity index (χ4v) is 4.13. The number of amides is 1. The van der Waals surface area contributed by atoms with E-state index in [4.69, 9.17) is 28.2 Å². The topological polar surface area (TPSA) is 131 Å². The van der Waals surface area contributed by atoms with Crippen molar-refractivity contribution in [2.24, 2.45) is 5.73 Å². The Balaban J connectivity index is 1.74. The Hall–Kier alpha value is -3.98. The Morgan fingerprint density at radius 1 is 1.12 bits per heavy atom. The van der Waals surface area contributed by atoms with E-state index in [2.05, 4.69) is 15.1 Å². The number of anilines is 1. The smallest absolute Gasteiger partial charge is 0.248 e. The van der Waals surface area contributed by atoms with Crippen LogP contribution in [0.2, 0.25) is 5.02 Å². The Bertz CT molecular complexity index is 1520. The van der Waals surface area contributed by atoms with Crippen molar-refractivity contribution in [2.45, 2.75) is 19.9 Å². The van der Waals surface area contributed by atoms with Crippen LogP contribution in [0.5, 0.6) is 0 Å². The molecule has 0 aliphatic carbocycles. The van der Waals surface area contributed by atoms with Gasteiger partial charge in [-0.1, -0.05) is 17.7 Å². The van der Waals surface area contributed by atoms with E-state index in [0.29, 0.717) is 27.7 Å². The van der Waals surface area contributed by atoms with Crippen LogP contribution in [0, 0.1) is 6.92 Å². The van der Waals surface area contributed by atoms with Gasteiger partial charge in [0.15, 0.2) is 5.65 Å². The molecule has 5 rings (SSSR count). The normalized spacial score (nSPS) is 12.5. The van der Waals surface area contributed by atoms with E-state index in [-0.39, 0.29) is 6.04 Å². The van der Waals surface area contributed by atoms with E-state index in [1.807, 2.05) is 38.1 Å². The minimum atomic E-state index is -0.509. The minimum Gasteiger partial charge on any atom is -0.383 e. The molecular weight excluding hydrogens is 428 g/mol. The van der Waals surface area contributed by atoms with Crippen molar-refractivity contribution in [1.29, 1.82) is 0 Å². The van der Waals surface area contributed by atoms with Crippen molar-refractivity contribution < 1.29 is 4.79 Å². The molecule has 3 heterocycles. The maximum atomic E-state index is 11.7. The molecule has 0 spiro atoms. The van der Waals surface area contributed by atoms with Gasteiger partial charge < -0.3 is 11.5 Å². The van der Waals surface area contributed by atoms with Crippen molar-refractivity contribution in [3.8, 4) is 5.69 Å². The summed E-state index contributed by atoms with van der Waals surface area (Å²) in [6, 6.07) is 12.3. The number of primary amides is 1. The number of nitrogens with zero attached hydrogens (tertiary/aromatic N) is 6. The molecule has 0 radical (unpaired) electrons. The SMILES string of the molecule is Cc1nn(C(C)c2nn(-c3cccc(C(N)=O)c3)c3cc(Cl)ccc23)c2ncnc(N)c12. The second kappa shape index (κ2) is 7.31. The van der Waals surface area contributed by atoms with E-state index >= 15 is 0 Å². The van der Waals surface area contributed by atoms with Crippen LogP contribution in [0.3, 0.4) is 0 Å². The molecule has 0 saturated carbocycles. The Kier molecular flexibility index (Phi) is 4.56. The van der Waals surface area contributed by atoms with Crippen LogP contribution in [0.25, 0.3) is 27.6 Å². The number of benzene rings is 2. The van der Waals surface area contributed by atoms with E-state index in [1.54, 1.807) is 27.6 Å². The molecule has 0 saturated heterocycles. The Morgan fingerprint density at radius 2 is 1.94 bits per heavy atom. The van der Waals surface area contributed by atoms with E-state index in [1.165, 1.54) is 6.33 Å². The van der Waals surface area contributed by atoms with Crippen LogP contribution >= 0.6 is 11.6 Å². The van der Waals surface area contributed by atoms with Gasteiger partial charge in [0.2, 0.25) is 5.91 Å². The molecule has 1 atom stereocenters. The Labute approximate surface area is 187 Å². The van der Waals surface area contributed by atoms with Crippen molar-refractivity contribution >= 4 is 45.3 Å². The fourth-order valence-electron chi connectivity index (χ4n) is 3.96. The minimum absolute atomic E-state index is 0.273. The van der Waals surface area contributed by atoms with Gasteiger partial charge in [-0.2, -0.15) is 10.2 Å². The summed E-state index contributed by atoms with van der Waals surface area (Å²) in [5.41, 5.74) is 15.6. The first-order valence-electron chi connectivity index (χ1n) is 9.89. The summed E-state index contributed by atoms with van der Waals surface area (Å²) in [6.45, 7) is 3.86. The van der Waals surface area contributed by atoms with Gasteiger partial charge in [-0.15, -0.1) is 0 Å². The molecule has 4 N–H and O–H groups in total. The number of rotatable bonds is 4. The summed E-state index contributed by atoms with van der Waals surface area (Å²) in [6.07, 6.45) is 1.42. The van der Waals surface area contributed by atoms with Gasteiger partial charge in [0.25, 0.3) is 0 Å². The molecular formula is C22H19ClN8O. The van der Waals surface area contributed by atoms with Crippen molar-refractivity contribution in [3.05, 3.63) is 70.8 Å². The number of carbonyl (C=O) groups excluding carboxylic acids is 1. The zero-order valence-corrected chi connectivity index (χ0v) is 18.1. The number of hydrogen-bond donors (Lipinski definition) is 2. The number of halogens is 1. The molecule has 5 aromatic rings. The number of aromatic nitrogens is 6. The first-order chi connectivity index (χ1) is 15.3.